The van der Waals surface area contributed by atoms with Crippen LogP contribution in [-0.2, 0) is 0 Å². The lowest BCUT2D eigenvalue weighted by atomic mass is 9.95. The van der Waals surface area contributed by atoms with Gasteiger partial charge in [0.25, 0.3) is 0 Å². The number of anilines is 3. The van der Waals surface area contributed by atoms with Crippen molar-refractivity contribution < 1.29 is 25.5 Å². The van der Waals surface area contributed by atoms with E-state index in [-0.39, 0.29) is 5.56 Å². The minimum atomic E-state index is -0.986. The first kappa shape index (κ1) is 34.1. The third kappa shape index (κ3) is 5.86. The summed E-state index contributed by atoms with van der Waals surface area (Å²) in [5.74, 6) is -4.25. The number of fused-ring (bicyclic) bond motifs is 2. The van der Waals surface area contributed by atoms with Gasteiger partial charge in [-0.3, -0.25) is 0 Å². The summed E-state index contributed by atoms with van der Waals surface area (Å²) in [7, 11) is 0. The molecule has 0 aliphatic heterocycles. The number of rotatable bonds is 7. The van der Waals surface area contributed by atoms with Crippen LogP contribution in [0.25, 0.3) is 66.1 Å². The Morgan fingerprint density at radius 3 is 1.34 bits per heavy atom. The second-order valence-corrected chi connectivity index (χ2v) is 13.7. The summed E-state index contributed by atoms with van der Waals surface area (Å²) in [6.07, 6.45) is 0. The molecule has 0 unspecified atom stereocenters. The summed E-state index contributed by atoms with van der Waals surface area (Å²) in [4.78, 5) is 2.36. The molecule has 0 saturated heterocycles. The average molecular weight is 730 g/mol. The van der Waals surface area contributed by atoms with Gasteiger partial charge in [-0.15, -0.1) is 0 Å². The highest BCUT2D eigenvalue weighted by Crippen LogP contribution is 2.55. The molecule has 0 heterocycles. The molecular formula is C50H35NO5. The van der Waals surface area contributed by atoms with Gasteiger partial charge in [0.1, 0.15) is 0 Å². The molecular weight excluding hydrogens is 695 g/mol. The Bertz CT molecular complexity index is 2850. The summed E-state index contributed by atoms with van der Waals surface area (Å²) in [6, 6.07) is 62.3. The smallest absolute Gasteiger partial charge is 0.208 e. The zero-order valence-electron chi connectivity index (χ0n) is 30.0. The molecule has 0 aromatic heterocycles. The number of nitrogens with zero attached hydrogens (tertiary/aromatic N) is 1. The van der Waals surface area contributed by atoms with Gasteiger partial charge in [-0.1, -0.05) is 158 Å². The first-order valence-electron chi connectivity index (χ1n) is 18.2. The van der Waals surface area contributed by atoms with E-state index in [2.05, 4.69) is 144 Å². The van der Waals surface area contributed by atoms with Gasteiger partial charge in [-0.2, -0.15) is 0 Å². The van der Waals surface area contributed by atoms with E-state index in [9.17, 15) is 25.5 Å². The fourth-order valence-corrected chi connectivity index (χ4v) is 7.61. The van der Waals surface area contributed by atoms with Crippen LogP contribution in [0.3, 0.4) is 0 Å². The fourth-order valence-electron chi connectivity index (χ4n) is 7.61. The van der Waals surface area contributed by atoms with Crippen molar-refractivity contribution in [1.82, 2.24) is 0 Å². The van der Waals surface area contributed by atoms with Crippen LogP contribution in [0, 0.1) is 0 Å². The number of phenolic OH excluding ortho intramolecular Hbond substituents is 5. The first-order chi connectivity index (χ1) is 27.4. The maximum Gasteiger partial charge on any atom is 0.208 e. The Morgan fingerprint density at radius 2 is 0.732 bits per heavy atom. The third-order valence-corrected chi connectivity index (χ3v) is 10.5. The maximum atomic E-state index is 10.4. The first-order valence-corrected chi connectivity index (χ1v) is 18.2. The monoisotopic (exact) mass is 729 g/mol. The molecule has 0 spiro atoms. The van der Waals surface area contributed by atoms with Crippen LogP contribution in [0.15, 0.2) is 182 Å². The van der Waals surface area contributed by atoms with Crippen LogP contribution >= 0.6 is 0 Å². The molecule has 0 fully saturated rings. The largest absolute Gasteiger partial charge is 0.504 e. The molecule has 56 heavy (non-hydrogen) atoms. The van der Waals surface area contributed by atoms with E-state index in [1.807, 2.05) is 30.3 Å². The minimum absolute atomic E-state index is 0.181. The molecule has 0 aliphatic rings. The van der Waals surface area contributed by atoms with E-state index in [4.69, 9.17) is 0 Å². The summed E-state index contributed by atoms with van der Waals surface area (Å²) in [5, 5.41) is 55.2. The standard InChI is InChI=1S/C50H35NO5/c52-46-45(47(53)49(55)50(56)48(46)54)37-23-21-33(22-24-37)31-17-19-32(20-18-31)34-25-27-38(28-26-34)51(43-16-8-12-36-11-4-5-13-40(36)43)44-30-29-39(35-9-2-1-3-10-35)41-14-6-7-15-42(41)44/h1-30,52-56H. The lowest BCUT2D eigenvalue weighted by molar-refractivity contribution is 0.330. The van der Waals surface area contributed by atoms with Gasteiger partial charge in [-0.05, 0) is 74.0 Å². The number of phenols is 5. The van der Waals surface area contributed by atoms with Crippen molar-refractivity contribution in [3.05, 3.63) is 182 Å². The summed E-state index contributed by atoms with van der Waals surface area (Å²) in [5.41, 5.74) is 9.71. The molecule has 0 amide bonds. The molecule has 0 atom stereocenters. The van der Waals surface area contributed by atoms with E-state index in [0.29, 0.717) is 5.56 Å². The van der Waals surface area contributed by atoms with E-state index in [1.54, 1.807) is 12.1 Å². The Kier molecular flexibility index (Phi) is 8.48. The van der Waals surface area contributed by atoms with Gasteiger partial charge in [0.2, 0.25) is 17.2 Å². The Balaban J connectivity index is 1.07. The van der Waals surface area contributed by atoms with E-state index in [0.717, 1.165) is 50.1 Å². The van der Waals surface area contributed by atoms with Gasteiger partial charge in [0.15, 0.2) is 11.5 Å². The van der Waals surface area contributed by atoms with Crippen LogP contribution in [0.1, 0.15) is 0 Å². The van der Waals surface area contributed by atoms with Crippen LogP contribution in [0.5, 0.6) is 28.7 Å². The van der Waals surface area contributed by atoms with Gasteiger partial charge < -0.3 is 30.4 Å². The van der Waals surface area contributed by atoms with E-state index < -0.39 is 28.7 Å². The SMILES string of the molecule is Oc1c(O)c(O)c(-c2ccc(-c3ccc(-c4ccc(N(c5cccc6ccccc56)c5ccc(-c6ccccc6)c6ccccc56)cc4)cc3)cc2)c(O)c1O. The fraction of sp³-hybridized carbons (Fsp3) is 0. The van der Waals surface area contributed by atoms with Crippen LogP contribution < -0.4 is 4.90 Å². The zero-order chi connectivity index (χ0) is 38.3. The molecule has 270 valence electrons. The molecule has 0 aliphatic carbocycles. The van der Waals surface area contributed by atoms with Gasteiger partial charge in [0, 0.05) is 16.5 Å². The van der Waals surface area contributed by atoms with Gasteiger partial charge in [-0.25, -0.2) is 0 Å². The number of hydrogen-bond donors (Lipinski definition) is 5. The molecule has 9 rings (SSSR count). The average Bonchev–Trinajstić information content (AvgIpc) is 3.26. The maximum absolute atomic E-state index is 10.4. The van der Waals surface area contributed by atoms with Crippen molar-refractivity contribution in [3.63, 3.8) is 0 Å². The van der Waals surface area contributed by atoms with Crippen LogP contribution in [0.4, 0.5) is 17.1 Å². The van der Waals surface area contributed by atoms with Crippen LogP contribution in [-0.4, -0.2) is 25.5 Å². The summed E-state index contributed by atoms with van der Waals surface area (Å²) in [6.45, 7) is 0. The minimum Gasteiger partial charge on any atom is -0.504 e. The normalized spacial score (nSPS) is 11.2. The third-order valence-electron chi connectivity index (χ3n) is 10.5. The summed E-state index contributed by atoms with van der Waals surface area (Å²) >= 11 is 0. The van der Waals surface area contributed by atoms with Gasteiger partial charge in [0.05, 0.1) is 16.9 Å². The number of aromatic hydroxyl groups is 5. The highest BCUT2D eigenvalue weighted by atomic mass is 16.4. The molecule has 0 radical (unpaired) electrons. The Morgan fingerprint density at radius 1 is 0.286 bits per heavy atom. The highest BCUT2D eigenvalue weighted by molar-refractivity contribution is 6.09. The quantitative estimate of drug-likeness (QED) is 0.0826. The van der Waals surface area contributed by atoms with Crippen molar-refractivity contribution in [2.75, 3.05) is 4.90 Å². The van der Waals surface area contributed by atoms with Gasteiger partial charge >= 0.3 is 0 Å². The number of hydrogen-bond acceptors (Lipinski definition) is 6. The lowest BCUT2D eigenvalue weighted by Gasteiger charge is -2.29. The predicted molar refractivity (Wildman–Crippen MR) is 226 cm³/mol. The second-order valence-electron chi connectivity index (χ2n) is 13.7. The zero-order valence-corrected chi connectivity index (χ0v) is 30.0. The molecule has 6 nitrogen and oxygen atoms in total. The topological polar surface area (TPSA) is 104 Å². The molecule has 0 bridgehead atoms. The van der Waals surface area contributed by atoms with Crippen molar-refractivity contribution in [3.8, 4) is 73.3 Å². The lowest BCUT2D eigenvalue weighted by Crippen LogP contribution is -2.11. The van der Waals surface area contributed by atoms with Crippen LogP contribution in [0.2, 0.25) is 0 Å². The highest BCUT2D eigenvalue weighted by Gasteiger charge is 2.24. The molecule has 9 aromatic rings. The molecule has 5 N–H and O–H groups in total. The Labute approximate surface area is 323 Å². The van der Waals surface area contributed by atoms with Crippen molar-refractivity contribution in [2.45, 2.75) is 0 Å². The van der Waals surface area contributed by atoms with E-state index >= 15 is 0 Å². The molecule has 0 saturated carbocycles. The Hall–Kier alpha value is -7.70. The van der Waals surface area contributed by atoms with Crippen molar-refractivity contribution in [2.24, 2.45) is 0 Å². The van der Waals surface area contributed by atoms with Crippen molar-refractivity contribution >= 4 is 38.6 Å². The molecule has 9 aromatic carbocycles. The predicted octanol–water partition coefficient (Wildman–Crippen LogP) is 12.7. The van der Waals surface area contributed by atoms with Crippen molar-refractivity contribution in [1.29, 1.82) is 0 Å². The van der Waals surface area contributed by atoms with E-state index in [1.165, 1.54) is 21.9 Å². The second kappa shape index (κ2) is 13.9. The molecule has 6 heteroatoms. The number of benzene rings is 9. The summed E-state index contributed by atoms with van der Waals surface area (Å²) < 4.78 is 0.